The summed E-state index contributed by atoms with van der Waals surface area (Å²) >= 11 is 3.30. The van der Waals surface area contributed by atoms with Crippen molar-refractivity contribution >= 4 is 44.7 Å². The van der Waals surface area contributed by atoms with Gasteiger partial charge in [-0.1, -0.05) is 103 Å². The molecule has 0 radical (unpaired) electrons. The molecule has 1 heterocycles. The van der Waals surface area contributed by atoms with E-state index in [4.69, 9.17) is 33.2 Å². The molecule has 0 spiro atoms. The summed E-state index contributed by atoms with van der Waals surface area (Å²) in [6.07, 6.45) is 5.18. The molecule has 0 bridgehead atoms. The lowest BCUT2D eigenvalue weighted by molar-refractivity contribution is -0.146. The highest BCUT2D eigenvalue weighted by Gasteiger charge is 2.49. The Morgan fingerprint density at radius 1 is 0.786 bits per heavy atom. The normalized spacial score (nSPS) is 18.2. The SMILES string of the molecule is CCC(=O)OCCOc1ccc(C2(c3ccccc3)C=Cc3c4c(c5cc(OC)c(OC)cc5c3O2)-c2ccccc2C4(CC)OCCOC(=O)C(C)Br)cc1. The number of carbonyl (C=O) groups is 2. The molecule has 10 heteroatoms. The summed E-state index contributed by atoms with van der Waals surface area (Å²) in [5.41, 5.74) is 4.83. The van der Waals surface area contributed by atoms with Gasteiger partial charge in [-0.15, -0.1) is 0 Å². The smallest absolute Gasteiger partial charge is 0.319 e. The minimum absolute atomic E-state index is 0.0991. The summed E-state index contributed by atoms with van der Waals surface area (Å²) in [4.78, 5) is 23.5. The van der Waals surface area contributed by atoms with Gasteiger partial charge in [-0.2, -0.15) is 0 Å². The summed E-state index contributed by atoms with van der Waals surface area (Å²) in [7, 11) is 3.26. The van der Waals surface area contributed by atoms with E-state index in [2.05, 4.69) is 59.3 Å². The Kier molecular flexibility index (Phi) is 11.4. The van der Waals surface area contributed by atoms with Gasteiger partial charge in [0.2, 0.25) is 0 Å². The third-order valence-electron chi connectivity index (χ3n) is 10.5. The van der Waals surface area contributed by atoms with Crippen LogP contribution >= 0.6 is 15.9 Å². The molecule has 5 aromatic carbocycles. The van der Waals surface area contributed by atoms with Crippen molar-refractivity contribution in [1.29, 1.82) is 0 Å². The molecule has 1 aliphatic carbocycles. The van der Waals surface area contributed by atoms with Crippen LogP contribution in [0.5, 0.6) is 23.0 Å². The maximum Gasteiger partial charge on any atom is 0.319 e. The number of carbonyl (C=O) groups excluding carboxylic acids is 2. The van der Waals surface area contributed by atoms with Gasteiger partial charge in [-0.25, -0.2) is 0 Å². The molecule has 290 valence electrons. The van der Waals surface area contributed by atoms with Crippen LogP contribution < -0.4 is 18.9 Å². The second-order valence-corrected chi connectivity index (χ2v) is 15.0. The van der Waals surface area contributed by atoms with Crippen LogP contribution in [0.1, 0.15) is 61.4 Å². The maximum absolute atomic E-state index is 12.3. The van der Waals surface area contributed by atoms with Crippen molar-refractivity contribution < 1.29 is 42.7 Å². The van der Waals surface area contributed by atoms with Crippen LogP contribution in [0.15, 0.2) is 97.1 Å². The summed E-state index contributed by atoms with van der Waals surface area (Å²) < 4.78 is 42.8. The first-order chi connectivity index (χ1) is 27.2. The van der Waals surface area contributed by atoms with E-state index in [0.717, 1.165) is 49.7 Å². The molecule has 5 aromatic rings. The van der Waals surface area contributed by atoms with Crippen molar-refractivity contribution in [3.05, 3.63) is 125 Å². The molecule has 0 N–H and O–H groups in total. The molecular weight excluding hydrogens is 776 g/mol. The van der Waals surface area contributed by atoms with E-state index in [-0.39, 0.29) is 38.4 Å². The molecule has 3 unspecified atom stereocenters. The van der Waals surface area contributed by atoms with Gasteiger partial charge < -0.3 is 33.2 Å². The average molecular weight is 822 g/mol. The minimum atomic E-state index is -1.04. The molecule has 0 saturated heterocycles. The molecule has 9 nitrogen and oxygen atoms in total. The van der Waals surface area contributed by atoms with Gasteiger partial charge >= 0.3 is 11.9 Å². The molecule has 3 atom stereocenters. The van der Waals surface area contributed by atoms with E-state index in [1.54, 1.807) is 28.1 Å². The molecule has 7 rings (SSSR count). The fourth-order valence-electron chi connectivity index (χ4n) is 7.82. The lowest BCUT2D eigenvalue weighted by atomic mass is 9.79. The fourth-order valence-corrected chi connectivity index (χ4v) is 7.96. The number of ether oxygens (including phenoxy) is 7. The Labute approximate surface area is 335 Å². The predicted molar refractivity (Wildman–Crippen MR) is 219 cm³/mol. The van der Waals surface area contributed by atoms with E-state index in [1.807, 2.05) is 66.7 Å². The van der Waals surface area contributed by atoms with Crippen LogP contribution in [0.4, 0.5) is 0 Å². The number of esters is 2. The number of benzene rings is 5. The fraction of sp³-hybridized carbons (Fsp3) is 0.304. The van der Waals surface area contributed by atoms with Crippen LogP contribution in [-0.4, -0.2) is 57.4 Å². The second kappa shape index (κ2) is 16.4. The second-order valence-electron chi connectivity index (χ2n) is 13.6. The van der Waals surface area contributed by atoms with Crippen molar-refractivity contribution in [2.24, 2.45) is 0 Å². The van der Waals surface area contributed by atoms with Crippen molar-refractivity contribution in [2.75, 3.05) is 40.6 Å². The topological polar surface area (TPSA) is 98.8 Å². The average Bonchev–Trinajstić information content (AvgIpc) is 3.54. The van der Waals surface area contributed by atoms with E-state index in [0.29, 0.717) is 35.8 Å². The Morgan fingerprint density at radius 2 is 1.45 bits per heavy atom. The van der Waals surface area contributed by atoms with Gasteiger partial charge in [0.05, 0.1) is 20.8 Å². The van der Waals surface area contributed by atoms with E-state index < -0.39 is 16.0 Å². The Hall–Kier alpha value is -5.32. The predicted octanol–water partition coefficient (Wildman–Crippen LogP) is 9.52. The van der Waals surface area contributed by atoms with Crippen LogP contribution in [0, 0.1) is 0 Å². The Bertz CT molecular complexity index is 2270. The molecular formula is C46H45BrO9. The van der Waals surface area contributed by atoms with Gasteiger partial charge in [0.1, 0.15) is 41.7 Å². The zero-order valence-electron chi connectivity index (χ0n) is 32.2. The molecule has 0 aromatic heterocycles. The van der Waals surface area contributed by atoms with Crippen molar-refractivity contribution in [1.82, 2.24) is 0 Å². The quantitative estimate of drug-likeness (QED) is 0.0581. The van der Waals surface area contributed by atoms with Crippen molar-refractivity contribution in [3.8, 4) is 34.1 Å². The highest BCUT2D eigenvalue weighted by molar-refractivity contribution is 9.10. The summed E-state index contributed by atoms with van der Waals surface area (Å²) in [5, 5.41) is 1.77. The van der Waals surface area contributed by atoms with Crippen molar-refractivity contribution in [2.45, 2.75) is 49.6 Å². The van der Waals surface area contributed by atoms with Gasteiger partial charge in [0, 0.05) is 34.1 Å². The number of halogens is 1. The van der Waals surface area contributed by atoms with Crippen LogP contribution in [-0.2, 0) is 35.0 Å². The number of hydrogen-bond acceptors (Lipinski definition) is 9. The Morgan fingerprint density at radius 3 is 2.12 bits per heavy atom. The van der Waals surface area contributed by atoms with Gasteiger partial charge in [-0.05, 0) is 65.8 Å². The van der Waals surface area contributed by atoms with Crippen molar-refractivity contribution in [3.63, 3.8) is 0 Å². The zero-order valence-corrected chi connectivity index (χ0v) is 33.8. The molecule has 56 heavy (non-hydrogen) atoms. The third-order valence-corrected chi connectivity index (χ3v) is 10.8. The number of rotatable bonds is 15. The van der Waals surface area contributed by atoms with E-state index >= 15 is 0 Å². The first kappa shape index (κ1) is 38.9. The van der Waals surface area contributed by atoms with Gasteiger partial charge in [-0.3, -0.25) is 9.59 Å². The van der Waals surface area contributed by atoms with E-state index in [1.165, 1.54) is 0 Å². The zero-order chi connectivity index (χ0) is 39.5. The molecule has 1 aliphatic heterocycles. The highest BCUT2D eigenvalue weighted by Crippen LogP contribution is 2.60. The molecule has 0 amide bonds. The minimum Gasteiger partial charge on any atom is -0.493 e. The van der Waals surface area contributed by atoms with Gasteiger partial charge in [0.25, 0.3) is 0 Å². The lowest BCUT2D eigenvalue weighted by Crippen LogP contribution is -2.36. The first-order valence-corrected chi connectivity index (χ1v) is 19.8. The van der Waals surface area contributed by atoms with E-state index in [9.17, 15) is 9.59 Å². The Balaban J connectivity index is 1.40. The summed E-state index contributed by atoms with van der Waals surface area (Å²) in [6, 6.07) is 30.2. The number of alkyl halides is 1. The highest BCUT2D eigenvalue weighted by atomic mass is 79.9. The summed E-state index contributed by atoms with van der Waals surface area (Å²) in [5.74, 6) is 1.86. The number of hydrogen-bond donors (Lipinski definition) is 0. The largest absolute Gasteiger partial charge is 0.493 e. The van der Waals surface area contributed by atoms with Crippen LogP contribution in [0.3, 0.4) is 0 Å². The monoisotopic (exact) mass is 820 g/mol. The van der Waals surface area contributed by atoms with Crippen LogP contribution in [0.25, 0.3) is 28.0 Å². The molecule has 2 aliphatic rings. The van der Waals surface area contributed by atoms with Crippen LogP contribution in [0.2, 0.25) is 0 Å². The number of fused-ring (bicyclic) bond motifs is 8. The first-order valence-electron chi connectivity index (χ1n) is 18.8. The molecule has 0 fully saturated rings. The third kappa shape index (κ3) is 6.90. The number of methoxy groups -OCH3 is 2. The standard InChI is InChI=1S/C46H45BrO9/c1-6-40(48)53-24-23-52-32-19-17-31(18-20-32)46(30-13-9-8-10-14-30)22-21-34-42-41(35-27-38(50-4)39(51-5)28-36(35)43(34)56-46)33-15-11-12-16-37(33)45(42,7-2)55-26-25-54-44(49)29(3)47/h8-22,27-29H,6-7,23-26H2,1-5H3. The lowest BCUT2D eigenvalue weighted by Gasteiger charge is -2.39. The van der Waals surface area contributed by atoms with Gasteiger partial charge in [0.15, 0.2) is 17.1 Å². The maximum atomic E-state index is 12.3. The molecule has 0 saturated carbocycles. The summed E-state index contributed by atoms with van der Waals surface area (Å²) in [6.45, 7) is 6.30.